The van der Waals surface area contributed by atoms with E-state index in [9.17, 15) is 4.79 Å². The van der Waals surface area contributed by atoms with Gasteiger partial charge in [0.25, 0.3) is 0 Å². The first-order chi connectivity index (χ1) is 13.2. The van der Waals surface area contributed by atoms with E-state index in [4.69, 9.17) is 0 Å². The highest BCUT2D eigenvalue weighted by Crippen LogP contribution is 2.22. The summed E-state index contributed by atoms with van der Waals surface area (Å²) in [6, 6.07) is 16.5. The molecule has 0 fully saturated rings. The number of para-hydroxylation sites is 1. The summed E-state index contributed by atoms with van der Waals surface area (Å²) in [5.74, 6) is 0.765. The fourth-order valence-electron chi connectivity index (χ4n) is 3.31. The lowest BCUT2D eigenvalue weighted by atomic mass is 10.1. The molecule has 4 rings (SSSR count). The summed E-state index contributed by atoms with van der Waals surface area (Å²) in [6.07, 6.45) is 3.65. The molecule has 0 aliphatic carbocycles. The number of aromatic nitrogens is 1. The first-order valence-electron chi connectivity index (χ1n) is 9.27. The topological polar surface area (TPSA) is 57.2 Å². The summed E-state index contributed by atoms with van der Waals surface area (Å²) in [4.78, 5) is 20.3. The van der Waals surface area contributed by atoms with Crippen LogP contribution in [0, 0.1) is 6.92 Å². The molecule has 1 aliphatic rings. The molecule has 0 saturated carbocycles. The van der Waals surface area contributed by atoms with Crippen LogP contribution < -0.4 is 5.32 Å². The molecule has 5 heteroatoms. The number of carbonyl (C=O) groups excluding carboxylic acids is 1. The highest BCUT2D eigenvalue weighted by atomic mass is 32.2. The first kappa shape index (κ1) is 17.9. The van der Waals surface area contributed by atoms with Crippen molar-refractivity contribution in [1.82, 2.24) is 10.3 Å². The summed E-state index contributed by atoms with van der Waals surface area (Å²) in [5, 5.41) is 5.32. The number of aromatic amines is 1. The van der Waals surface area contributed by atoms with Crippen LogP contribution in [0.4, 0.5) is 0 Å². The van der Waals surface area contributed by atoms with Gasteiger partial charge in [-0.15, -0.1) is 11.8 Å². The number of thioether (sulfide) groups is 1. The molecule has 1 aromatic heterocycles. The molecule has 0 radical (unpaired) electrons. The van der Waals surface area contributed by atoms with Crippen LogP contribution in [0.2, 0.25) is 0 Å². The van der Waals surface area contributed by atoms with Gasteiger partial charge >= 0.3 is 0 Å². The predicted octanol–water partition coefficient (Wildman–Crippen LogP) is 3.89. The van der Waals surface area contributed by atoms with Gasteiger partial charge in [-0.3, -0.25) is 9.79 Å². The Kier molecular flexibility index (Phi) is 5.30. The van der Waals surface area contributed by atoms with Crippen molar-refractivity contribution in [2.45, 2.75) is 25.8 Å². The molecule has 0 spiro atoms. The van der Waals surface area contributed by atoms with Gasteiger partial charge in [-0.1, -0.05) is 48.0 Å². The molecule has 2 aromatic carbocycles. The van der Waals surface area contributed by atoms with Gasteiger partial charge in [-0.05, 0) is 30.5 Å². The van der Waals surface area contributed by atoms with E-state index in [-0.39, 0.29) is 11.9 Å². The Hall–Kier alpha value is -2.53. The summed E-state index contributed by atoms with van der Waals surface area (Å²) >= 11 is 1.70. The Labute approximate surface area is 163 Å². The maximum atomic E-state index is 12.4. The molecule has 27 heavy (non-hydrogen) atoms. The molecule has 0 saturated heterocycles. The van der Waals surface area contributed by atoms with Gasteiger partial charge in [0.15, 0.2) is 0 Å². The molecule has 1 atom stereocenters. The quantitative estimate of drug-likeness (QED) is 0.685. The average Bonchev–Trinajstić information content (AvgIpc) is 3.31. The number of nitrogens with one attached hydrogen (secondary N) is 2. The van der Waals surface area contributed by atoms with Gasteiger partial charge in [-0.25, -0.2) is 0 Å². The number of hydrogen-bond acceptors (Lipinski definition) is 3. The van der Waals surface area contributed by atoms with Crippen LogP contribution in [-0.2, 0) is 17.6 Å². The van der Waals surface area contributed by atoms with Crippen LogP contribution in [0.25, 0.3) is 10.9 Å². The van der Waals surface area contributed by atoms with E-state index in [2.05, 4.69) is 58.6 Å². The molecule has 1 aliphatic heterocycles. The number of aryl methyl sites for hydroxylation is 1. The van der Waals surface area contributed by atoms with Gasteiger partial charge in [0.05, 0.1) is 5.04 Å². The molecular formula is C22H23N3OS. The summed E-state index contributed by atoms with van der Waals surface area (Å²) < 4.78 is 0. The highest BCUT2D eigenvalue weighted by Gasteiger charge is 2.24. The second-order valence-electron chi connectivity index (χ2n) is 6.91. The number of benzene rings is 2. The lowest BCUT2D eigenvalue weighted by Crippen LogP contribution is -2.35. The average molecular weight is 378 g/mol. The third-order valence-corrected chi connectivity index (χ3v) is 5.92. The first-order valence-corrected chi connectivity index (χ1v) is 10.3. The monoisotopic (exact) mass is 377 g/mol. The maximum Gasteiger partial charge on any atom is 0.245 e. The molecule has 0 unspecified atom stereocenters. The van der Waals surface area contributed by atoms with Crippen molar-refractivity contribution in [2.24, 2.45) is 4.99 Å². The van der Waals surface area contributed by atoms with Gasteiger partial charge in [0.1, 0.15) is 6.04 Å². The van der Waals surface area contributed by atoms with E-state index in [1.807, 2.05) is 18.3 Å². The fourth-order valence-corrected chi connectivity index (χ4v) is 4.36. The minimum atomic E-state index is -0.265. The number of fused-ring (bicyclic) bond motifs is 1. The fraction of sp³-hybridized carbons (Fsp3) is 0.273. The predicted molar refractivity (Wildman–Crippen MR) is 114 cm³/mol. The van der Waals surface area contributed by atoms with E-state index in [0.717, 1.165) is 29.2 Å². The van der Waals surface area contributed by atoms with Gasteiger partial charge < -0.3 is 10.3 Å². The second kappa shape index (κ2) is 8.01. The number of H-pyrrole nitrogens is 1. The number of nitrogens with zero attached hydrogens (tertiary/aromatic N) is 1. The number of amides is 1. The standard InChI is InChI=1S/C22H23N3OS/c1-15-6-8-16(9-7-15)12-21-25-20(14-27-21)22(26)23-11-10-17-13-24-19-5-3-2-4-18(17)19/h2-9,13,20,24H,10-12,14H2,1H3,(H,23,26)/t20-/m0/s1. The van der Waals surface area contributed by atoms with Gasteiger partial charge in [-0.2, -0.15) is 0 Å². The third kappa shape index (κ3) is 4.25. The smallest absolute Gasteiger partial charge is 0.245 e. The molecule has 3 aromatic rings. The zero-order valence-corrected chi connectivity index (χ0v) is 16.2. The number of hydrogen-bond donors (Lipinski definition) is 2. The van der Waals surface area contributed by atoms with Crippen LogP contribution in [0.1, 0.15) is 16.7 Å². The van der Waals surface area contributed by atoms with Crippen LogP contribution >= 0.6 is 11.8 Å². The normalized spacial score (nSPS) is 16.5. The lowest BCUT2D eigenvalue weighted by molar-refractivity contribution is -0.121. The van der Waals surface area contributed by atoms with Crippen molar-refractivity contribution in [1.29, 1.82) is 0 Å². The SMILES string of the molecule is Cc1ccc(CC2=N[C@H](C(=O)NCCc3c[nH]c4ccccc34)CS2)cc1. The molecule has 1 amide bonds. The van der Waals surface area contributed by atoms with Crippen LogP contribution in [-0.4, -0.2) is 34.3 Å². The van der Waals surface area contributed by atoms with E-state index in [1.54, 1.807) is 11.8 Å². The van der Waals surface area contributed by atoms with E-state index in [1.165, 1.54) is 22.1 Å². The molecular weight excluding hydrogens is 354 g/mol. The van der Waals surface area contributed by atoms with E-state index >= 15 is 0 Å². The van der Waals surface area contributed by atoms with Crippen molar-refractivity contribution in [2.75, 3.05) is 12.3 Å². The molecule has 2 N–H and O–H groups in total. The van der Waals surface area contributed by atoms with Crippen molar-refractivity contribution < 1.29 is 4.79 Å². The third-order valence-electron chi connectivity index (χ3n) is 4.85. The molecule has 138 valence electrons. The van der Waals surface area contributed by atoms with Gasteiger partial charge in [0.2, 0.25) is 5.91 Å². The van der Waals surface area contributed by atoms with Crippen molar-refractivity contribution in [3.05, 3.63) is 71.4 Å². The Morgan fingerprint density at radius 3 is 2.89 bits per heavy atom. The lowest BCUT2D eigenvalue weighted by Gasteiger charge is -2.07. The number of carbonyl (C=O) groups is 1. The van der Waals surface area contributed by atoms with Crippen molar-refractivity contribution in [3.63, 3.8) is 0 Å². The Morgan fingerprint density at radius 1 is 1.22 bits per heavy atom. The van der Waals surface area contributed by atoms with Crippen LogP contribution in [0.3, 0.4) is 0 Å². The Bertz CT molecular complexity index is 975. The highest BCUT2D eigenvalue weighted by molar-refractivity contribution is 8.14. The van der Waals surface area contributed by atoms with E-state index < -0.39 is 0 Å². The second-order valence-corrected chi connectivity index (χ2v) is 8.01. The van der Waals surface area contributed by atoms with E-state index in [0.29, 0.717) is 6.54 Å². The minimum absolute atomic E-state index is 0.0289. The maximum absolute atomic E-state index is 12.4. The Balaban J connectivity index is 1.29. The zero-order valence-electron chi connectivity index (χ0n) is 15.4. The van der Waals surface area contributed by atoms with Crippen LogP contribution in [0.5, 0.6) is 0 Å². The number of aliphatic imine (C=N–C) groups is 1. The molecule has 0 bridgehead atoms. The largest absolute Gasteiger partial charge is 0.361 e. The Morgan fingerprint density at radius 2 is 2.04 bits per heavy atom. The summed E-state index contributed by atoms with van der Waals surface area (Å²) in [5.41, 5.74) is 4.87. The van der Waals surface area contributed by atoms with Crippen molar-refractivity contribution in [3.8, 4) is 0 Å². The van der Waals surface area contributed by atoms with Crippen LogP contribution in [0.15, 0.2) is 59.7 Å². The molecule has 2 heterocycles. The number of rotatable bonds is 6. The summed E-state index contributed by atoms with van der Waals surface area (Å²) in [7, 11) is 0. The minimum Gasteiger partial charge on any atom is -0.361 e. The van der Waals surface area contributed by atoms with Gasteiger partial charge in [0, 0.05) is 35.8 Å². The summed E-state index contributed by atoms with van der Waals surface area (Å²) in [6.45, 7) is 2.72. The van der Waals surface area contributed by atoms with Crippen molar-refractivity contribution >= 4 is 33.6 Å². The molecule has 4 nitrogen and oxygen atoms in total. The zero-order chi connectivity index (χ0) is 18.6.